The zero-order valence-corrected chi connectivity index (χ0v) is 13.1. The molecule has 3 N–H and O–H groups in total. The zero-order chi connectivity index (χ0) is 17.2. The number of nitrogens with zero attached hydrogens (tertiary/aromatic N) is 3. The van der Waals surface area contributed by atoms with Crippen LogP contribution in [0, 0.1) is 0 Å². The molecule has 3 atom stereocenters. The van der Waals surface area contributed by atoms with Crippen LogP contribution >= 0.6 is 0 Å². The van der Waals surface area contributed by atoms with Gasteiger partial charge in [-0.2, -0.15) is 4.98 Å². The minimum atomic E-state index is -0.878. The molecule has 10 heteroatoms. The first-order chi connectivity index (χ1) is 10.7. The van der Waals surface area contributed by atoms with Crippen molar-refractivity contribution in [1.29, 1.82) is 0 Å². The molecule has 1 amide bonds. The number of rotatable bonds is 3. The molecule has 10 nitrogen and oxygen atoms in total. The molecule has 0 aliphatic carbocycles. The van der Waals surface area contributed by atoms with E-state index in [1.165, 1.54) is 0 Å². The predicted molar refractivity (Wildman–Crippen MR) is 77.8 cm³/mol. The topological polar surface area (TPSA) is 136 Å². The average Bonchev–Trinajstić information content (AvgIpc) is 2.77. The lowest BCUT2D eigenvalue weighted by molar-refractivity contribution is -0.0462. The Labute approximate surface area is 132 Å². The van der Waals surface area contributed by atoms with Gasteiger partial charge < -0.3 is 19.7 Å². The van der Waals surface area contributed by atoms with Gasteiger partial charge in [-0.15, -0.1) is 0 Å². The van der Waals surface area contributed by atoms with Crippen LogP contribution in [0.2, 0.25) is 0 Å². The molecule has 1 aliphatic rings. The van der Waals surface area contributed by atoms with Gasteiger partial charge in [-0.05, 0) is 20.8 Å². The Bertz CT molecular complexity index is 626. The van der Waals surface area contributed by atoms with Crippen molar-refractivity contribution in [3.8, 4) is 0 Å². The zero-order valence-electron chi connectivity index (χ0n) is 13.1. The fourth-order valence-electron chi connectivity index (χ4n) is 2.05. The molecule has 0 saturated carbocycles. The van der Waals surface area contributed by atoms with Crippen molar-refractivity contribution >= 4 is 12.0 Å². The summed E-state index contributed by atoms with van der Waals surface area (Å²) in [6, 6.07) is 0. The number of carbonyl (C=O) groups is 1. The van der Waals surface area contributed by atoms with Crippen LogP contribution in [-0.4, -0.2) is 55.3 Å². The van der Waals surface area contributed by atoms with Crippen LogP contribution < -0.4 is 11.0 Å². The highest BCUT2D eigenvalue weighted by Gasteiger charge is 2.35. The van der Waals surface area contributed by atoms with Crippen molar-refractivity contribution in [2.45, 2.75) is 51.2 Å². The van der Waals surface area contributed by atoms with E-state index in [9.17, 15) is 14.7 Å². The molecular formula is C13H20N4O6. The molecule has 0 unspecified atom stereocenters. The number of anilines is 1. The summed E-state index contributed by atoms with van der Waals surface area (Å²) in [6.45, 7) is 4.74. The lowest BCUT2D eigenvalue weighted by atomic mass is 10.2. The van der Waals surface area contributed by atoms with Gasteiger partial charge in [0, 0.05) is 6.42 Å². The summed E-state index contributed by atoms with van der Waals surface area (Å²) in [5.41, 5.74) is -1.39. The third kappa shape index (κ3) is 4.47. The SMILES string of the molecule is CC(C)(C)OC(=O)Nc1ncn([C@H]2C[C@H](O)[C@@H](CO)O2)c(=O)n1. The first-order valence-corrected chi connectivity index (χ1v) is 7.09. The van der Waals surface area contributed by atoms with Gasteiger partial charge in [0.25, 0.3) is 0 Å². The van der Waals surface area contributed by atoms with E-state index in [4.69, 9.17) is 14.6 Å². The van der Waals surface area contributed by atoms with Crippen LogP contribution in [-0.2, 0) is 9.47 Å². The number of aliphatic hydroxyl groups is 2. The summed E-state index contributed by atoms with van der Waals surface area (Å²) in [5.74, 6) is -0.197. The van der Waals surface area contributed by atoms with Gasteiger partial charge in [-0.25, -0.2) is 14.6 Å². The molecule has 2 rings (SSSR count). The molecule has 0 radical (unpaired) electrons. The predicted octanol–water partition coefficient (Wildman–Crippen LogP) is -0.374. The van der Waals surface area contributed by atoms with E-state index in [-0.39, 0.29) is 19.0 Å². The van der Waals surface area contributed by atoms with E-state index < -0.39 is 35.8 Å². The van der Waals surface area contributed by atoms with E-state index in [1.807, 2.05) is 0 Å². The van der Waals surface area contributed by atoms with E-state index >= 15 is 0 Å². The molecule has 0 spiro atoms. The van der Waals surface area contributed by atoms with Gasteiger partial charge in [0.2, 0.25) is 5.95 Å². The number of hydrogen-bond acceptors (Lipinski definition) is 8. The van der Waals surface area contributed by atoms with Crippen LogP contribution in [0.5, 0.6) is 0 Å². The maximum atomic E-state index is 12.0. The highest BCUT2D eigenvalue weighted by atomic mass is 16.6. The van der Waals surface area contributed by atoms with Gasteiger partial charge in [-0.1, -0.05) is 0 Å². The van der Waals surface area contributed by atoms with E-state index in [2.05, 4.69) is 15.3 Å². The number of aromatic nitrogens is 3. The molecule has 23 heavy (non-hydrogen) atoms. The number of ether oxygens (including phenoxy) is 2. The summed E-state index contributed by atoms with van der Waals surface area (Å²) >= 11 is 0. The van der Waals surface area contributed by atoms with Gasteiger partial charge >= 0.3 is 11.8 Å². The van der Waals surface area contributed by atoms with Crippen LogP contribution in [0.25, 0.3) is 0 Å². The summed E-state index contributed by atoms with van der Waals surface area (Å²) < 4.78 is 11.5. The molecule has 0 aromatic carbocycles. The fourth-order valence-corrected chi connectivity index (χ4v) is 2.05. The van der Waals surface area contributed by atoms with Gasteiger partial charge in [0.05, 0.1) is 12.7 Å². The minimum absolute atomic E-state index is 0.132. The second-order valence-corrected chi connectivity index (χ2v) is 6.11. The van der Waals surface area contributed by atoms with Crippen molar-refractivity contribution in [2.24, 2.45) is 0 Å². The smallest absolute Gasteiger partial charge is 0.414 e. The number of amides is 1. The standard InChI is InChI=1S/C13H20N4O6/c1-13(2,3)23-12(21)16-10-14-6-17(11(20)15-10)9-4-7(19)8(5-18)22-9/h6-9,18-19H,4-5H2,1-3H3,(H,15,16,20,21)/t7-,8+,9+/m0/s1. The molecule has 1 aromatic heterocycles. The Kier molecular flexibility index (Phi) is 4.97. The maximum absolute atomic E-state index is 12.0. The lowest BCUT2D eigenvalue weighted by Gasteiger charge is -2.19. The molecular weight excluding hydrogens is 308 g/mol. The average molecular weight is 328 g/mol. The number of aliphatic hydroxyl groups excluding tert-OH is 2. The lowest BCUT2D eigenvalue weighted by Crippen LogP contribution is -2.31. The Hall–Kier alpha value is -2.04. The van der Waals surface area contributed by atoms with Crippen LogP contribution in [0.3, 0.4) is 0 Å². The monoisotopic (exact) mass is 328 g/mol. The van der Waals surface area contributed by atoms with Crippen LogP contribution in [0.4, 0.5) is 10.7 Å². The second-order valence-electron chi connectivity index (χ2n) is 6.11. The van der Waals surface area contributed by atoms with Crippen molar-refractivity contribution in [3.05, 3.63) is 16.8 Å². The number of hydrogen-bond donors (Lipinski definition) is 3. The minimum Gasteiger partial charge on any atom is -0.444 e. The molecule has 1 aliphatic heterocycles. The van der Waals surface area contributed by atoms with E-state index in [1.54, 1.807) is 20.8 Å². The van der Waals surface area contributed by atoms with Crippen molar-refractivity contribution in [2.75, 3.05) is 11.9 Å². The van der Waals surface area contributed by atoms with Crippen LogP contribution in [0.15, 0.2) is 11.1 Å². The molecule has 1 saturated heterocycles. The fraction of sp³-hybridized carbons (Fsp3) is 0.692. The third-order valence-corrected chi connectivity index (χ3v) is 3.03. The van der Waals surface area contributed by atoms with Crippen molar-refractivity contribution in [3.63, 3.8) is 0 Å². The Morgan fingerprint density at radius 1 is 1.57 bits per heavy atom. The summed E-state index contributed by atoms with van der Waals surface area (Å²) in [5, 5.41) is 21.0. The summed E-state index contributed by atoms with van der Waals surface area (Å²) in [4.78, 5) is 31.1. The molecule has 2 heterocycles. The van der Waals surface area contributed by atoms with Gasteiger partial charge in [0.15, 0.2) is 0 Å². The highest BCUT2D eigenvalue weighted by molar-refractivity contribution is 5.82. The number of nitrogens with one attached hydrogen (secondary N) is 1. The molecule has 1 fully saturated rings. The first kappa shape index (κ1) is 17.3. The van der Waals surface area contributed by atoms with Gasteiger partial charge in [0.1, 0.15) is 24.3 Å². The Morgan fingerprint density at radius 2 is 2.26 bits per heavy atom. The van der Waals surface area contributed by atoms with Gasteiger partial charge in [-0.3, -0.25) is 9.88 Å². The second kappa shape index (κ2) is 6.60. The summed E-state index contributed by atoms with van der Waals surface area (Å²) in [6.07, 6.45) is -1.90. The van der Waals surface area contributed by atoms with E-state index in [0.29, 0.717) is 0 Å². The number of carbonyl (C=O) groups excluding carboxylic acids is 1. The molecule has 128 valence electrons. The maximum Gasteiger partial charge on any atom is 0.414 e. The van der Waals surface area contributed by atoms with Crippen LogP contribution in [0.1, 0.15) is 33.4 Å². The van der Waals surface area contributed by atoms with E-state index in [0.717, 1.165) is 10.9 Å². The highest BCUT2D eigenvalue weighted by Crippen LogP contribution is 2.27. The van der Waals surface area contributed by atoms with Crippen molar-refractivity contribution in [1.82, 2.24) is 14.5 Å². The molecule has 1 aromatic rings. The Balaban J connectivity index is 2.07. The largest absolute Gasteiger partial charge is 0.444 e. The first-order valence-electron chi connectivity index (χ1n) is 7.09. The molecule has 0 bridgehead atoms. The van der Waals surface area contributed by atoms with Crippen molar-refractivity contribution < 1.29 is 24.5 Å². The third-order valence-electron chi connectivity index (χ3n) is 3.03. The summed E-state index contributed by atoms with van der Waals surface area (Å²) in [7, 11) is 0. The quantitative estimate of drug-likeness (QED) is 0.683. The normalized spacial score (nSPS) is 24.5. The Morgan fingerprint density at radius 3 is 2.78 bits per heavy atom.